The number of carbonyl (C=O) groups is 2. The lowest BCUT2D eigenvalue weighted by Gasteiger charge is -2.01. The standard InChI is InChI=1S/C18H14N2O2S/c1-12(21)19-14-9-6-13(7-10-14)8-11-16(22)18-20-15-4-2-3-5-17(15)23-18/h2-11H,1H3,(H,19,21)/b11-8+. The lowest BCUT2D eigenvalue weighted by molar-refractivity contribution is -0.114. The van der Waals surface area contributed by atoms with E-state index in [2.05, 4.69) is 10.3 Å². The largest absolute Gasteiger partial charge is 0.326 e. The number of nitrogens with zero attached hydrogens (tertiary/aromatic N) is 1. The molecule has 0 bridgehead atoms. The first kappa shape index (κ1) is 15.1. The maximum absolute atomic E-state index is 12.2. The molecule has 1 N–H and O–H groups in total. The Kier molecular flexibility index (Phi) is 4.30. The Labute approximate surface area is 137 Å². The molecule has 0 spiro atoms. The number of carbonyl (C=O) groups excluding carboxylic acids is 2. The summed E-state index contributed by atoms with van der Waals surface area (Å²) in [6.07, 6.45) is 3.26. The minimum absolute atomic E-state index is 0.112. The van der Waals surface area contributed by atoms with Crippen molar-refractivity contribution >= 4 is 45.0 Å². The number of nitrogens with one attached hydrogen (secondary N) is 1. The van der Waals surface area contributed by atoms with Crippen molar-refractivity contribution in [3.63, 3.8) is 0 Å². The van der Waals surface area contributed by atoms with Gasteiger partial charge in [-0.3, -0.25) is 9.59 Å². The minimum atomic E-state index is -0.114. The normalized spacial score (nSPS) is 11.0. The van der Waals surface area contributed by atoms with E-state index in [9.17, 15) is 9.59 Å². The van der Waals surface area contributed by atoms with Crippen molar-refractivity contribution in [2.24, 2.45) is 0 Å². The van der Waals surface area contributed by atoms with Crippen LogP contribution in [0.1, 0.15) is 22.3 Å². The monoisotopic (exact) mass is 322 g/mol. The molecule has 5 heteroatoms. The van der Waals surface area contributed by atoms with Gasteiger partial charge in [-0.2, -0.15) is 0 Å². The van der Waals surface area contributed by atoms with Crippen LogP contribution in [-0.4, -0.2) is 16.7 Å². The van der Waals surface area contributed by atoms with Gasteiger partial charge in [-0.15, -0.1) is 11.3 Å². The Hall–Kier alpha value is -2.79. The van der Waals surface area contributed by atoms with Gasteiger partial charge >= 0.3 is 0 Å². The topological polar surface area (TPSA) is 59.1 Å². The Morgan fingerprint density at radius 1 is 1.09 bits per heavy atom. The Bertz CT molecular complexity index is 862. The molecule has 0 saturated carbocycles. The number of thiazole rings is 1. The second-order valence-electron chi connectivity index (χ2n) is 4.99. The van der Waals surface area contributed by atoms with E-state index in [0.29, 0.717) is 5.01 Å². The molecular formula is C18H14N2O2S. The van der Waals surface area contributed by atoms with Crippen molar-refractivity contribution in [3.8, 4) is 0 Å². The molecule has 114 valence electrons. The van der Waals surface area contributed by atoms with Crippen LogP contribution >= 0.6 is 11.3 Å². The first-order valence-electron chi connectivity index (χ1n) is 7.07. The van der Waals surface area contributed by atoms with Crippen molar-refractivity contribution in [1.82, 2.24) is 4.98 Å². The molecule has 0 unspecified atom stereocenters. The number of amides is 1. The average molecular weight is 322 g/mol. The third-order valence-corrected chi connectivity index (χ3v) is 4.21. The van der Waals surface area contributed by atoms with E-state index in [4.69, 9.17) is 0 Å². The van der Waals surface area contributed by atoms with Crippen LogP contribution in [0.25, 0.3) is 16.3 Å². The minimum Gasteiger partial charge on any atom is -0.326 e. The van der Waals surface area contributed by atoms with Crippen LogP contribution in [0.3, 0.4) is 0 Å². The Balaban J connectivity index is 1.73. The number of aromatic nitrogens is 1. The van der Waals surface area contributed by atoms with Gasteiger partial charge in [-0.1, -0.05) is 30.3 Å². The zero-order valence-corrected chi connectivity index (χ0v) is 13.3. The van der Waals surface area contributed by atoms with Gasteiger partial charge in [0.15, 0.2) is 5.01 Å². The number of hydrogen-bond donors (Lipinski definition) is 1. The molecule has 3 aromatic rings. The fraction of sp³-hybridized carbons (Fsp3) is 0.0556. The summed E-state index contributed by atoms with van der Waals surface area (Å²) in [4.78, 5) is 27.5. The summed E-state index contributed by atoms with van der Waals surface area (Å²) < 4.78 is 1.00. The summed E-state index contributed by atoms with van der Waals surface area (Å²) >= 11 is 1.39. The molecule has 0 aliphatic carbocycles. The van der Waals surface area contributed by atoms with Gasteiger partial charge in [0.05, 0.1) is 10.2 Å². The van der Waals surface area contributed by atoms with E-state index in [1.54, 1.807) is 18.2 Å². The number of fused-ring (bicyclic) bond motifs is 1. The third-order valence-electron chi connectivity index (χ3n) is 3.16. The fourth-order valence-corrected chi connectivity index (χ4v) is 2.99. The summed E-state index contributed by atoms with van der Waals surface area (Å²) in [7, 11) is 0. The predicted octanol–water partition coefficient (Wildman–Crippen LogP) is 4.15. The highest BCUT2D eigenvalue weighted by Crippen LogP contribution is 2.22. The lowest BCUT2D eigenvalue weighted by atomic mass is 10.2. The summed E-state index contributed by atoms with van der Waals surface area (Å²) in [6.45, 7) is 1.46. The predicted molar refractivity (Wildman–Crippen MR) is 93.7 cm³/mol. The number of allylic oxidation sites excluding steroid dienone is 1. The first-order valence-corrected chi connectivity index (χ1v) is 7.89. The summed E-state index contributed by atoms with van der Waals surface area (Å²) in [6, 6.07) is 15.0. The average Bonchev–Trinajstić information content (AvgIpc) is 2.97. The van der Waals surface area contributed by atoms with Gasteiger partial charge in [0.1, 0.15) is 0 Å². The highest BCUT2D eigenvalue weighted by molar-refractivity contribution is 7.20. The van der Waals surface area contributed by atoms with Gasteiger partial charge in [0.25, 0.3) is 0 Å². The van der Waals surface area contributed by atoms with E-state index >= 15 is 0 Å². The lowest BCUT2D eigenvalue weighted by Crippen LogP contribution is -2.05. The molecule has 23 heavy (non-hydrogen) atoms. The molecule has 1 aromatic heterocycles. The van der Waals surface area contributed by atoms with Gasteiger partial charge in [-0.25, -0.2) is 4.98 Å². The van der Waals surface area contributed by atoms with Crippen molar-refractivity contribution in [2.75, 3.05) is 5.32 Å². The van der Waals surface area contributed by atoms with E-state index in [1.807, 2.05) is 36.4 Å². The van der Waals surface area contributed by atoms with Crippen molar-refractivity contribution < 1.29 is 9.59 Å². The zero-order valence-electron chi connectivity index (χ0n) is 12.4. The molecule has 1 heterocycles. The van der Waals surface area contributed by atoms with Crippen LogP contribution in [0.5, 0.6) is 0 Å². The SMILES string of the molecule is CC(=O)Nc1ccc(/C=C/C(=O)c2nc3ccccc3s2)cc1. The van der Waals surface area contributed by atoms with Crippen LogP contribution in [0.15, 0.2) is 54.6 Å². The second kappa shape index (κ2) is 6.54. The molecule has 0 aliphatic rings. The first-order chi connectivity index (χ1) is 11.1. The molecule has 0 radical (unpaired) electrons. The number of ketones is 1. The molecule has 0 atom stereocenters. The zero-order chi connectivity index (χ0) is 16.2. The number of benzene rings is 2. The van der Waals surface area contributed by atoms with Gasteiger partial charge in [0.2, 0.25) is 11.7 Å². The van der Waals surface area contributed by atoms with Crippen molar-refractivity contribution in [2.45, 2.75) is 6.92 Å². The van der Waals surface area contributed by atoms with E-state index in [-0.39, 0.29) is 11.7 Å². The van der Waals surface area contributed by atoms with Crippen LogP contribution in [0.2, 0.25) is 0 Å². The van der Waals surface area contributed by atoms with Crippen LogP contribution in [0, 0.1) is 0 Å². The molecule has 4 nitrogen and oxygen atoms in total. The maximum Gasteiger partial charge on any atom is 0.221 e. The molecule has 0 saturated heterocycles. The molecule has 3 rings (SSSR count). The Morgan fingerprint density at radius 2 is 1.83 bits per heavy atom. The molecule has 2 aromatic carbocycles. The molecule has 0 aliphatic heterocycles. The maximum atomic E-state index is 12.2. The summed E-state index contributed by atoms with van der Waals surface area (Å²) in [5.41, 5.74) is 2.45. The van der Waals surface area contributed by atoms with Crippen LogP contribution in [-0.2, 0) is 4.79 Å². The van der Waals surface area contributed by atoms with E-state index in [0.717, 1.165) is 21.5 Å². The molecular weight excluding hydrogens is 308 g/mol. The second-order valence-corrected chi connectivity index (χ2v) is 6.02. The number of rotatable bonds is 4. The van der Waals surface area contributed by atoms with Crippen molar-refractivity contribution in [1.29, 1.82) is 0 Å². The number of para-hydroxylation sites is 1. The van der Waals surface area contributed by atoms with E-state index in [1.165, 1.54) is 24.3 Å². The smallest absolute Gasteiger partial charge is 0.221 e. The van der Waals surface area contributed by atoms with Gasteiger partial charge in [0, 0.05) is 12.6 Å². The summed E-state index contributed by atoms with van der Waals surface area (Å²) in [5.74, 6) is -0.226. The highest BCUT2D eigenvalue weighted by Gasteiger charge is 2.08. The summed E-state index contributed by atoms with van der Waals surface area (Å²) in [5, 5.41) is 3.18. The van der Waals surface area contributed by atoms with E-state index < -0.39 is 0 Å². The van der Waals surface area contributed by atoms with Gasteiger partial charge < -0.3 is 5.32 Å². The Morgan fingerprint density at radius 3 is 2.52 bits per heavy atom. The number of anilines is 1. The fourth-order valence-electron chi connectivity index (χ4n) is 2.10. The van der Waals surface area contributed by atoms with Crippen LogP contribution in [0.4, 0.5) is 5.69 Å². The van der Waals surface area contributed by atoms with Crippen molar-refractivity contribution in [3.05, 3.63) is 65.2 Å². The number of hydrogen-bond acceptors (Lipinski definition) is 4. The quantitative estimate of drug-likeness (QED) is 0.580. The molecule has 0 fully saturated rings. The van der Waals surface area contributed by atoms with Gasteiger partial charge in [-0.05, 0) is 35.9 Å². The highest BCUT2D eigenvalue weighted by atomic mass is 32.1. The van der Waals surface area contributed by atoms with Crippen LogP contribution < -0.4 is 5.32 Å². The third kappa shape index (κ3) is 3.70. The molecule has 1 amide bonds.